The second kappa shape index (κ2) is 7.91. The summed E-state index contributed by atoms with van der Waals surface area (Å²) in [6.45, 7) is 8.11. The Kier molecular flexibility index (Phi) is 6.11. The van der Waals surface area contributed by atoms with Crippen molar-refractivity contribution in [3.8, 4) is 0 Å². The second-order valence-corrected chi connectivity index (χ2v) is 6.79. The van der Waals surface area contributed by atoms with E-state index in [0.717, 1.165) is 12.1 Å². The maximum absolute atomic E-state index is 13.8. The van der Waals surface area contributed by atoms with Crippen LogP contribution < -0.4 is 5.32 Å². The van der Waals surface area contributed by atoms with Crippen molar-refractivity contribution in [3.05, 3.63) is 35.4 Å². The van der Waals surface area contributed by atoms with E-state index in [1.165, 1.54) is 6.07 Å². The molecule has 0 spiro atoms. The topological polar surface area (TPSA) is 58.6 Å². The van der Waals surface area contributed by atoms with Gasteiger partial charge in [0.05, 0.1) is 12.2 Å². The van der Waals surface area contributed by atoms with E-state index in [1.807, 2.05) is 13.8 Å². The van der Waals surface area contributed by atoms with Crippen molar-refractivity contribution in [2.45, 2.75) is 45.9 Å². The summed E-state index contributed by atoms with van der Waals surface area (Å²) in [5.74, 6) is -3.36. The number of carbonyl (C=O) groups is 2. The van der Waals surface area contributed by atoms with Gasteiger partial charge < -0.3 is 15.0 Å². The molecule has 0 aromatic heterocycles. The third kappa shape index (κ3) is 4.54. The molecule has 3 atom stereocenters. The summed E-state index contributed by atoms with van der Waals surface area (Å²) >= 11 is 0. The van der Waals surface area contributed by atoms with Crippen LogP contribution in [0.15, 0.2) is 18.2 Å². The Bertz CT molecular complexity index is 621. The fourth-order valence-corrected chi connectivity index (χ4v) is 3.00. The Hall–Kier alpha value is -2.02. The molecule has 0 radical (unpaired) electrons. The van der Waals surface area contributed by atoms with Gasteiger partial charge in [-0.2, -0.15) is 0 Å². The number of amides is 2. The highest BCUT2D eigenvalue weighted by Crippen LogP contribution is 2.17. The summed E-state index contributed by atoms with van der Waals surface area (Å²) in [4.78, 5) is 26.8. The van der Waals surface area contributed by atoms with E-state index < -0.39 is 29.1 Å². The number of hydrogen-bond donors (Lipinski definition) is 1. The zero-order valence-corrected chi connectivity index (χ0v) is 14.9. The molecule has 25 heavy (non-hydrogen) atoms. The van der Waals surface area contributed by atoms with Crippen LogP contribution in [-0.4, -0.2) is 48.1 Å². The molecule has 0 saturated carbocycles. The van der Waals surface area contributed by atoms with Gasteiger partial charge in [-0.15, -0.1) is 0 Å². The number of carbonyl (C=O) groups excluding carboxylic acids is 2. The predicted molar refractivity (Wildman–Crippen MR) is 89.0 cm³/mol. The Morgan fingerprint density at radius 3 is 2.16 bits per heavy atom. The molecule has 1 aromatic carbocycles. The van der Waals surface area contributed by atoms with Crippen LogP contribution in [0.1, 0.15) is 38.1 Å². The minimum atomic E-state index is -0.957. The molecule has 0 bridgehead atoms. The lowest BCUT2D eigenvalue weighted by Gasteiger charge is -2.38. The lowest BCUT2D eigenvalue weighted by molar-refractivity contribution is -0.146. The number of nitrogens with zero attached hydrogens (tertiary/aromatic N) is 1. The molecule has 1 fully saturated rings. The van der Waals surface area contributed by atoms with Crippen molar-refractivity contribution in [1.29, 1.82) is 0 Å². The summed E-state index contributed by atoms with van der Waals surface area (Å²) in [5.41, 5.74) is -0.676. The molecule has 1 aliphatic rings. The normalized spacial score (nSPS) is 22.0. The summed E-state index contributed by atoms with van der Waals surface area (Å²) in [5, 5.41) is 2.49. The van der Waals surface area contributed by atoms with Gasteiger partial charge >= 0.3 is 0 Å². The molecule has 5 nitrogen and oxygen atoms in total. The van der Waals surface area contributed by atoms with Gasteiger partial charge in [-0.1, -0.05) is 19.9 Å². The minimum absolute atomic E-state index is 0.111. The van der Waals surface area contributed by atoms with Gasteiger partial charge in [0.25, 0.3) is 5.91 Å². The van der Waals surface area contributed by atoms with E-state index >= 15 is 0 Å². The van der Waals surface area contributed by atoms with E-state index in [2.05, 4.69) is 5.32 Å². The van der Waals surface area contributed by atoms with Crippen molar-refractivity contribution in [1.82, 2.24) is 10.2 Å². The molecule has 1 aliphatic heterocycles. The molecular formula is C18H24F2N2O3. The summed E-state index contributed by atoms with van der Waals surface area (Å²) in [6.07, 6.45) is -0.222. The zero-order chi connectivity index (χ0) is 18.7. The van der Waals surface area contributed by atoms with Crippen molar-refractivity contribution in [3.63, 3.8) is 0 Å². The van der Waals surface area contributed by atoms with Gasteiger partial charge in [-0.25, -0.2) is 8.78 Å². The van der Waals surface area contributed by atoms with Gasteiger partial charge in [-0.3, -0.25) is 9.59 Å². The summed E-state index contributed by atoms with van der Waals surface area (Å²) < 4.78 is 33.2. The van der Waals surface area contributed by atoms with E-state index in [0.29, 0.717) is 13.1 Å². The summed E-state index contributed by atoms with van der Waals surface area (Å²) in [6, 6.07) is 2.33. The van der Waals surface area contributed by atoms with Gasteiger partial charge in [0, 0.05) is 13.1 Å². The molecule has 2 rings (SSSR count). The Balaban J connectivity index is 2.18. The summed E-state index contributed by atoms with van der Waals surface area (Å²) in [7, 11) is 0. The van der Waals surface area contributed by atoms with Gasteiger partial charge in [0.15, 0.2) is 0 Å². The number of morpholine rings is 1. The number of ether oxygens (including phenoxy) is 1. The number of halogens is 2. The van der Waals surface area contributed by atoms with Crippen LogP contribution in [0.3, 0.4) is 0 Å². The molecule has 7 heteroatoms. The standard InChI is InChI=1S/C18H24F2N2O3/c1-10(2)16(18(24)22-8-11(3)25-12(4)9-22)21-17(23)15-13(19)6-5-7-14(15)20/h5-7,10-12,16H,8-9H2,1-4H3,(H,21,23). The largest absolute Gasteiger partial charge is 0.372 e. The third-order valence-electron chi connectivity index (χ3n) is 4.14. The maximum atomic E-state index is 13.8. The molecular weight excluding hydrogens is 330 g/mol. The van der Waals surface area contributed by atoms with Crippen molar-refractivity contribution < 1.29 is 23.1 Å². The number of benzene rings is 1. The first-order chi connectivity index (χ1) is 11.7. The van der Waals surface area contributed by atoms with Crippen LogP contribution in [0.5, 0.6) is 0 Å². The van der Waals surface area contributed by atoms with Gasteiger partial charge in [0.1, 0.15) is 23.2 Å². The van der Waals surface area contributed by atoms with Gasteiger partial charge in [-0.05, 0) is 31.9 Å². The molecule has 1 saturated heterocycles. The Morgan fingerprint density at radius 2 is 1.68 bits per heavy atom. The molecule has 1 N–H and O–H groups in total. The quantitative estimate of drug-likeness (QED) is 0.903. The number of hydrogen-bond acceptors (Lipinski definition) is 3. The van der Waals surface area contributed by atoms with Gasteiger partial charge in [0.2, 0.25) is 5.91 Å². The fraction of sp³-hybridized carbons (Fsp3) is 0.556. The fourth-order valence-electron chi connectivity index (χ4n) is 3.00. The molecule has 1 aromatic rings. The SMILES string of the molecule is CC1CN(C(=O)C(NC(=O)c2c(F)cccc2F)C(C)C)CC(C)O1. The lowest BCUT2D eigenvalue weighted by atomic mass is 10.0. The number of rotatable bonds is 4. The minimum Gasteiger partial charge on any atom is -0.372 e. The smallest absolute Gasteiger partial charge is 0.257 e. The Labute approximate surface area is 146 Å². The van der Waals surface area contributed by atoms with Crippen LogP contribution >= 0.6 is 0 Å². The first-order valence-electron chi connectivity index (χ1n) is 8.39. The maximum Gasteiger partial charge on any atom is 0.257 e. The molecule has 1 heterocycles. The van der Waals surface area contributed by atoms with Crippen molar-refractivity contribution in [2.75, 3.05) is 13.1 Å². The molecule has 2 amide bonds. The lowest BCUT2D eigenvalue weighted by Crippen LogP contribution is -2.56. The predicted octanol–water partition coefficient (Wildman–Crippen LogP) is 2.36. The molecule has 0 aliphatic carbocycles. The van der Waals surface area contributed by atoms with Crippen molar-refractivity contribution >= 4 is 11.8 Å². The van der Waals surface area contributed by atoms with Crippen LogP contribution in [0.25, 0.3) is 0 Å². The van der Waals surface area contributed by atoms with E-state index in [1.54, 1.807) is 18.7 Å². The van der Waals surface area contributed by atoms with Crippen LogP contribution in [0.2, 0.25) is 0 Å². The first kappa shape index (κ1) is 19.3. The molecule has 3 unspecified atom stereocenters. The number of nitrogens with one attached hydrogen (secondary N) is 1. The average molecular weight is 354 g/mol. The van der Waals surface area contributed by atoms with Crippen LogP contribution in [0, 0.1) is 17.6 Å². The third-order valence-corrected chi connectivity index (χ3v) is 4.14. The average Bonchev–Trinajstić information content (AvgIpc) is 2.50. The highest BCUT2D eigenvalue weighted by Gasteiger charge is 2.34. The molecule has 138 valence electrons. The first-order valence-corrected chi connectivity index (χ1v) is 8.39. The monoisotopic (exact) mass is 354 g/mol. The Morgan fingerprint density at radius 1 is 1.16 bits per heavy atom. The van der Waals surface area contributed by atoms with Crippen LogP contribution in [0.4, 0.5) is 8.78 Å². The second-order valence-electron chi connectivity index (χ2n) is 6.79. The highest BCUT2D eigenvalue weighted by molar-refractivity contribution is 5.98. The van der Waals surface area contributed by atoms with Crippen LogP contribution in [-0.2, 0) is 9.53 Å². The zero-order valence-electron chi connectivity index (χ0n) is 14.9. The van der Waals surface area contributed by atoms with E-state index in [4.69, 9.17) is 4.74 Å². The van der Waals surface area contributed by atoms with E-state index in [9.17, 15) is 18.4 Å². The van der Waals surface area contributed by atoms with Crippen molar-refractivity contribution in [2.24, 2.45) is 5.92 Å². The van der Waals surface area contributed by atoms with E-state index in [-0.39, 0.29) is 24.0 Å². The highest BCUT2D eigenvalue weighted by atomic mass is 19.1.